The van der Waals surface area contributed by atoms with Crippen LogP contribution in [0, 0.1) is 5.82 Å². The number of benzene rings is 1. The number of nitrogens with zero attached hydrogens (tertiary/aromatic N) is 5. The smallest absolute Gasteiger partial charge is 0.259 e. The summed E-state index contributed by atoms with van der Waals surface area (Å²) in [6, 6.07) is 12.5. The first-order valence-electron chi connectivity index (χ1n) is 10.4. The normalized spacial score (nSPS) is 11.0. The summed E-state index contributed by atoms with van der Waals surface area (Å²) in [6.45, 7) is 3.98. The van der Waals surface area contributed by atoms with Gasteiger partial charge in [-0.3, -0.25) is 14.6 Å². The van der Waals surface area contributed by atoms with Crippen LogP contribution in [0.15, 0.2) is 65.5 Å². The molecule has 4 aromatic rings. The molecule has 3 aromatic heterocycles. The Labute approximate surface area is 203 Å². The Bertz CT molecular complexity index is 1350. The number of Topliss-reactive ketones (excluding diaryl/α,β-unsaturated/α-hetero) is 1. The van der Waals surface area contributed by atoms with Gasteiger partial charge in [-0.25, -0.2) is 9.37 Å². The van der Waals surface area contributed by atoms with Gasteiger partial charge in [0, 0.05) is 23.1 Å². The van der Waals surface area contributed by atoms with Gasteiger partial charge in [-0.05, 0) is 71.7 Å². The maximum absolute atomic E-state index is 14.5. The third-order valence-electron chi connectivity index (χ3n) is 5.00. The molecule has 1 amide bonds. The number of hydrogen-bond donors (Lipinski definition) is 1. The second-order valence-corrected chi connectivity index (χ2v) is 8.71. The molecule has 8 nitrogen and oxygen atoms in total. The molecule has 1 aromatic carbocycles. The summed E-state index contributed by atoms with van der Waals surface area (Å²) in [5, 5.41) is 10.7. The van der Waals surface area contributed by atoms with Crippen molar-refractivity contribution in [1.29, 1.82) is 0 Å². The zero-order valence-corrected chi connectivity index (χ0v) is 20.0. The van der Waals surface area contributed by atoms with Crippen molar-refractivity contribution in [3.8, 4) is 11.5 Å². The van der Waals surface area contributed by atoms with Crippen LogP contribution in [0.3, 0.4) is 0 Å². The van der Waals surface area contributed by atoms with Crippen LogP contribution in [0.4, 0.5) is 10.2 Å². The number of anilines is 1. The Balaban J connectivity index is 1.53. The van der Waals surface area contributed by atoms with Gasteiger partial charge in [0.05, 0.1) is 5.56 Å². The summed E-state index contributed by atoms with van der Waals surface area (Å²) in [6.07, 6.45) is 3.12. The number of ketones is 1. The van der Waals surface area contributed by atoms with Crippen molar-refractivity contribution in [1.82, 2.24) is 24.7 Å². The molecule has 10 heteroatoms. The number of hydrogen-bond acceptors (Lipinski definition) is 6. The molecule has 0 spiro atoms. The predicted octanol–water partition coefficient (Wildman–Crippen LogP) is 4.90. The van der Waals surface area contributed by atoms with Crippen LogP contribution < -0.4 is 5.32 Å². The number of carbonyl (C=O) groups excluding carboxylic acids is 2. The predicted molar refractivity (Wildman–Crippen MR) is 128 cm³/mol. The minimum Gasteiger partial charge on any atom is -0.310 e. The van der Waals surface area contributed by atoms with Crippen molar-refractivity contribution in [3.05, 3.63) is 88.2 Å². The number of aromatic nitrogens is 5. The number of rotatable bonds is 7. The molecule has 172 valence electrons. The summed E-state index contributed by atoms with van der Waals surface area (Å²) < 4.78 is 17.1. The first-order valence-corrected chi connectivity index (χ1v) is 11.2. The van der Waals surface area contributed by atoms with E-state index in [0.29, 0.717) is 17.1 Å². The molecule has 0 aliphatic rings. The summed E-state index contributed by atoms with van der Waals surface area (Å²) in [5.74, 6) is -0.830. The minimum atomic E-state index is -0.703. The largest absolute Gasteiger partial charge is 0.310 e. The Hall–Kier alpha value is -3.79. The molecule has 0 aliphatic heterocycles. The van der Waals surface area contributed by atoms with Crippen molar-refractivity contribution in [2.24, 2.45) is 0 Å². The molecule has 0 aliphatic carbocycles. The van der Waals surface area contributed by atoms with Gasteiger partial charge in [0.15, 0.2) is 11.6 Å². The van der Waals surface area contributed by atoms with Crippen LogP contribution in [0.2, 0.25) is 0 Å². The molecule has 0 radical (unpaired) electrons. The van der Waals surface area contributed by atoms with E-state index >= 15 is 0 Å². The lowest BCUT2D eigenvalue weighted by atomic mass is 10.0. The molecular weight excluding hydrogens is 503 g/mol. The Morgan fingerprint density at radius 2 is 1.97 bits per heavy atom. The highest BCUT2D eigenvalue weighted by Crippen LogP contribution is 2.21. The Morgan fingerprint density at radius 1 is 1.15 bits per heavy atom. The minimum absolute atomic E-state index is 0.0201. The van der Waals surface area contributed by atoms with E-state index in [1.54, 1.807) is 36.7 Å². The summed E-state index contributed by atoms with van der Waals surface area (Å²) in [4.78, 5) is 33.8. The molecule has 0 fully saturated rings. The second-order valence-electron chi connectivity index (χ2n) is 7.79. The molecule has 0 unspecified atom stereocenters. The fourth-order valence-electron chi connectivity index (χ4n) is 3.29. The van der Waals surface area contributed by atoms with Gasteiger partial charge in [0.2, 0.25) is 0 Å². The molecule has 0 bridgehead atoms. The van der Waals surface area contributed by atoms with Crippen LogP contribution >= 0.6 is 15.9 Å². The maximum atomic E-state index is 14.5. The zero-order valence-electron chi connectivity index (χ0n) is 18.4. The SMILES string of the molecule is CC(C)n1cnnc1-c1cccc(NC(=O)c2cc(CC(=O)c3ccc(Br)cn3)ccc2F)n1. The number of pyridine rings is 2. The molecule has 34 heavy (non-hydrogen) atoms. The first-order chi connectivity index (χ1) is 16.3. The monoisotopic (exact) mass is 522 g/mol. The van der Waals surface area contributed by atoms with Crippen molar-refractivity contribution in [2.45, 2.75) is 26.3 Å². The van der Waals surface area contributed by atoms with Crippen LogP contribution in [0.25, 0.3) is 11.5 Å². The van der Waals surface area contributed by atoms with Gasteiger partial charge in [-0.1, -0.05) is 12.1 Å². The Morgan fingerprint density at radius 3 is 2.71 bits per heavy atom. The lowest BCUT2D eigenvalue weighted by Crippen LogP contribution is -2.16. The van der Waals surface area contributed by atoms with Crippen LogP contribution in [-0.2, 0) is 6.42 Å². The molecular formula is C24H20BrFN6O2. The Kier molecular flexibility index (Phi) is 6.87. The van der Waals surface area contributed by atoms with E-state index in [1.165, 1.54) is 24.4 Å². The molecule has 3 heterocycles. The molecule has 1 N–H and O–H groups in total. The van der Waals surface area contributed by atoms with Gasteiger partial charge in [-0.2, -0.15) is 0 Å². The fraction of sp³-hybridized carbons (Fsp3) is 0.167. The van der Waals surface area contributed by atoms with Crippen LogP contribution in [0.1, 0.15) is 46.3 Å². The molecule has 4 rings (SSSR count). The van der Waals surface area contributed by atoms with E-state index in [1.807, 2.05) is 18.4 Å². The molecule has 0 saturated heterocycles. The van der Waals surface area contributed by atoms with E-state index in [-0.39, 0.29) is 35.3 Å². The van der Waals surface area contributed by atoms with Gasteiger partial charge in [0.25, 0.3) is 5.91 Å². The summed E-state index contributed by atoms with van der Waals surface area (Å²) >= 11 is 3.27. The van der Waals surface area contributed by atoms with E-state index in [0.717, 1.165) is 4.47 Å². The van der Waals surface area contributed by atoms with Crippen molar-refractivity contribution < 1.29 is 14.0 Å². The van der Waals surface area contributed by atoms with Gasteiger partial charge >= 0.3 is 0 Å². The average molecular weight is 523 g/mol. The van der Waals surface area contributed by atoms with Crippen molar-refractivity contribution in [2.75, 3.05) is 5.32 Å². The van der Waals surface area contributed by atoms with Crippen LogP contribution in [-0.4, -0.2) is 36.4 Å². The van der Waals surface area contributed by atoms with E-state index in [9.17, 15) is 14.0 Å². The van der Waals surface area contributed by atoms with Gasteiger partial charge in [0.1, 0.15) is 29.4 Å². The number of nitrogens with one attached hydrogen (secondary N) is 1. The summed E-state index contributed by atoms with van der Waals surface area (Å²) in [7, 11) is 0. The number of halogens is 2. The van der Waals surface area contributed by atoms with Crippen molar-refractivity contribution >= 4 is 33.4 Å². The first kappa shape index (κ1) is 23.4. The molecule has 0 atom stereocenters. The van der Waals surface area contributed by atoms with Gasteiger partial charge in [-0.15, -0.1) is 10.2 Å². The highest BCUT2D eigenvalue weighted by atomic mass is 79.9. The molecule has 0 saturated carbocycles. The third-order valence-corrected chi connectivity index (χ3v) is 5.47. The number of carbonyl (C=O) groups is 2. The lowest BCUT2D eigenvalue weighted by molar-refractivity contribution is 0.0984. The van der Waals surface area contributed by atoms with E-state index < -0.39 is 11.7 Å². The quantitative estimate of drug-likeness (QED) is 0.346. The zero-order chi connectivity index (χ0) is 24.2. The highest BCUT2D eigenvalue weighted by molar-refractivity contribution is 9.10. The van der Waals surface area contributed by atoms with Crippen molar-refractivity contribution in [3.63, 3.8) is 0 Å². The van der Waals surface area contributed by atoms with E-state index in [2.05, 4.69) is 41.4 Å². The lowest BCUT2D eigenvalue weighted by Gasteiger charge is -2.11. The summed E-state index contributed by atoms with van der Waals surface area (Å²) in [5.41, 5.74) is 1.11. The third kappa shape index (κ3) is 5.23. The fourth-order valence-corrected chi connectivity index (χ4v) is 3.52. The average Bonchev–Trinajstić information content (AvgIpc) is 3.31. The maximum Gasteiger partial charge on any atom is 0.259 e. The van der Waals surface area contributed by atoms with Crippen LogP contribution in [0.5, 0.6) is 0 Å². The highest BCUT2D eigenvalue weighted by Gasteiger charge is 2.17. The van der Waals surface area contributed by atoms with Gasteiger partial charge < -0.3 is 9.88 Å². The number of amides is 1. The topological polar surface area (TPSA) is 103 Å². The van der Waals surface area contributed by atoms with E-state index in [4.69, 9.17) is 0 Å². The second kappa shape index (κ2) is 10.0. The standard InChI is InChI=1S/C24H20BrFN6O2/c1-14(2)32-13-28-31-23(32)20-4-3-5-22(29-20)30-24(34)17-10-15(6-8-18(17)26)11-21(33)19-9-7-16(25)12-27-19/h3-10,12-14H,11H2,1-2H3,(H,29,30,34).